The Morgan fingerprint density at radius 3 is 1.75 bits per heavy atom. The van der Waals surface area contributed by atoms with Crippen molar-refractivity contribution in [3.8, 4) is 44.5 Å². The number of allylic oxidation sites excluding steroid dienone is 4. The normalized spacial score (nSPS) is 23.5. The quantitative estimate of drug-likeness (QED) is 0.167. The number of nitrogens with zero attached hydrogens (tertiary/aromatic N) is 1. The van der Waals surface area contributed by atoms with Gasteiger partial charge >= 0.3 is 0 Å². The van der Waals surface area contributed by atoms with Crippen molar-refractivity contribution in [2.75, 3.05) is 4.90 Å². The van der Waals surface area contributed by atoms with Crippen LogP contribution in [0.2, 0.25) is 0 Å². The zero-order chi connectivity index (χ0) is 42.4. The van der Waals surface area contributed by atoms with Crippen molar-refractivity contribution in [2.24, 2.45) is 23.7 Å². The molecule has 0 heterocycles. The van der Waals surface area contributed by atoms with Crippen LogP contribution in [0.5, 0.6) is 0 Å². The number of anilines is 3. The molecule has 1 heteroatoms. The van der Waals surface area contributed by atoms with Crippen LogP contribution in [0, 0.1) is 23.7 Å². The predicted molar refractivity (Wildman–Crippen MR) is 268 cm³/mol. The fourth-order valence-electron chi connectivity index (χ4n) is 15.6. The Labute approximate surface area is 382 Å². The monoisotopic (exact) mass is 831 g/mol. The van der Waals surface area contributed by atoms with E-state index in [2.05, 4.69) is 205 Å². The van der Waals surface area contributed by atoms with Crippen molar-refractivity contribution < 1.29 is 0 Å². The summed E-state index contributed by atoms with van der Waals surface area (Å²) in [4.78, 5) is 2.72. The van der Waals surface area contributed by atoms with E-state index in [0.29, 0.717) is 11.8 Å². The van der Waals surface area contributed by atoms with Crippen molar-refractivity contribution >= 4 is 22.6 Å². The maximum absolute atomic E-state index is 2.72. The lowest BCUT2D eigenvalue weighted by Crippen LogP contribution is -2.40. The number of hydrogen-bond acceptors (Lipinski definition) is 1. The van der Waals surface area contributed by atoms with Gasteiger partial charge in [-0.2, -0.15) is 0 Å². The predicted octanol–water partition coefficient (Wildman–Crippen LogP) is 16.2. The molecule has 8 aromatic carbocycles. The fraction of sp³-hybridized carbons (Fsp3) is 0.188. The molecule has 8 aliphatic rings. The van der Waals surface area contributed by atoms with E-state index in [1.807, 2.05) is 0 Å². The first kappa shape index (κ1) is 36.4. The summed E-state index contributed by atoms with van der Waals surface area (Å²) in [7, 11) is 0. The van der Waals surface area contributed by atoms with E-state index >= 15 is 0 Å². The van der Waals surface area contributed by atoms with Crippen molar-refractivity contribution in [1.29, 1.82) is 0 Å². The number of rotatable bonds is 5. The Balaban J connectivity index is 1.07. The van der Waals surface area contributed by atoms with E-state index in [0.717, 1.165) is 24.7 Å². The Morgan fingerprint density at radius 1 is 0.462 bits per heavy atom. The zero-order valence-corrected chi connectivity index (χ0v) is 36.6. The van der Waals surface area contributed by atoms with Crippen molar-refractivity contribution in [3.05, 3.63) is 239 Å². The van der Waals surface area contributed by atoms with Gasteiger partial charge in [0.15, 0.2) is 0 Å². The zero-order valence-electron chi connectivity index (χ0n) is 36.6. The van der Waals surface area contributed by atoms with E-state index in [1.54, 1.807) is 11.1 Å². The highest BCUT2D eigenvalue weighted by atomic mass is 15.2. The standard InChI is InChI=1S/C64H49N/c1-3-17-41(18-4-1)46-25-15-31-59(61(46)42-19-5-2-6-20-42)65(45-33-34-51-49-23-7-11-27-53(49)63(58(51)39-45)44-36-40-35-43(38-44)57(63)37-40)60-32-16-26-52-50-24-10-14-30-56(50)64(62(52)60)54-28-12-8-21-47(54)48-22-9-13-29-55(48)64/h1-3,5-17,19-34,39-40,43-44,57H,4,18,35-38H2. The lowest BCUT2D eigenvalue weighted by molar-refractivity contribution is 0.191. The van der Waals surface area contributed by atoms with Crippen LogP contribution < -0.4 is 4.90 Å². The van der Waals surface area contributed by atoms with E-state index in [4.69, 9.17) is 0 Å². The van der Waals surface area contributed by atoms with Crippen LogP contribution in [-0.2, 0) is 10.8 Å². The van der Waals surface area contributed by atoms with E-state index < -0.39 is 5.41 Å². The van der Waals surface area contributed by atoms with Crippen LogP contribution in [0.4, 0.5) is 17.1 Å². The maximum Gasteiger partial charge on any atom is 0.0746 e. The highest BCUT2D eigenvalue weighted by Gasteiger charge is 2.66. The van der Waals surface area contributed by atoms with Crippen LogP contribution >= 0.6 is 0 Å². The smallest absolute Gasteiger partial charge is 0.0746 e. The van der Waals surface area contributed by atoms with E-state index in [-0.39, 0.29) is 5.41 Å². The van der Waals surface area contributed by atoms with Crippen molar-refractivity contribution in [2.45, 2.75) is 49.4 Å². The Bertz CT molecular complexity index is 3320. The minimum atomic E-state index is -0.507. The molecule has 310 valence electrons. The molecule has 5 unspecified atom stereocenters. The summed E-state index contributed by atoms with van der Waals surface area (Å²) in [5.74, 6) is 3.12. The molecular formula is C64H49N. The molecule has 4 bridgehead atoms. The fourth-order valence-corrected chi connectivity index (χ4v) is 15.6. The summed E-state index contributed by atoms with van der Waals surface area (Å²) >= 11 is 0. The van der Waals surface area contributed by atoms with Crippen LogP contribution in [0.15, 0.2) is 200 Å². The van der Waals surface area contributed by atoms with Gasteiger partial charge < -0.3 is 4.90 Å². The molecule has 0 N–H and O–H groups in total. The van der Waals surface area contributed by atoms with Gasteiger partial charge in [0.2, 0.25) is 0 Å². The molecule has 4 saturated carbocycles. The van der Waals surface area contributed by atoms with Crippen LogP contribution in [-0.4, -0.2) is 0 Å². The molecule has 0 saturated heterocycles. The van der Waals surface area contributed by atoms with Gasteiger partial charge in [0.05, 0.1) is 16.8 Å². The topological polar surface area (TPSA) is 3.24 Å². The first-order valence-corrected chi connectivity index (χ1v) is 24.3. The van der Waals surface area contributed by atoms with Crippen LogP contribution in [0.3, 0.4) is 0 Å². The molecular weight excluding hydrogens is 783 g/mol. The molecule has 8 aliphatic carbocycles. The minimum absolute atomic E-state index is 0.0635. The summed E-state index contributed by atoms with van der Waals surface area (Å²) in [5.41, 5.74) is 25.5. The van der Waals surface area contributed by atoms with Crippen LogP contribution in [0.25, 0.3) is 50.1 Å². The first-order chi connectivity index (χ1) is 32.2. The molecule has 4 fully saturated rings. The van der Waals surface area contributed by atoms with Gasteiger partial charge in [-0.3, -0.25) is 0 Å². The summed E-state index contributed by atoms with van der Waals surface area (Å²) in [6.45, 7) is 0. The molecule has 16 rings (SSSR count). The largest absolute Gasteiger partial charge is 0.309 e. The third kappa shape index (κ3) is 4.59. The Kier molecular flexibility index (Phi) is 7.45. The number of fused-ring (bicyclic) bond motifs is 13. The third-order valence-corrected chi connectivity index (χ3v) is 17.5. The van der Waals surface area contributed by atoms with E-state index in [9.17, 15) is 0 Å². The molecule has 2 spiro atoms. The lowest BCUT2D eigenvalue weighted by Gasteiger charge is -2.44. The maximum atomic E-state index is 2.72. The second-order valence-electron chi connectivity index (χ2n) is 20.2. The van der Waals surface area contributed by atoms with Gasteiger partial charge in [-0.05, 0) is 164 Å². The Morgan fingerprint density at radius 2 is 1.06 bits per heavy atom. The molecule has 1 nitrogen and oxygen atoms in total. The SMILES string of the molecule is C1=CCCC(c2cccc(N(c3ccc4c(c3)C3(c5ccccc5-4)C4CC5CC(C4)C3C5)c3cccc4c3C3(c5ccccc5-c5ccccc53)c3ccccc3-4)c2-c2ccccc2)=C1. The molecule has 8 aromatic rings. The van der Waals surface area contributed by atoms with Gasteiger partial charge in [0, 0.05) is 22.2 Å². The minimum Gasteiger partial charge on any atom is -0.309 e. The number of hydrogen-bond donors (Lipinski definition) is 0. The van der Waals surface area contributed by atoms with Crippen molar-refractivity contribution in [1.82, 2.24) is 0 Å². The molecule has 0 amide bonds. The lowest BCUT2D eigenvalue weighted by atomic mass is 9.59. The average molecular weight is 832 g/mol. The van der Waals surface area contributed by atoms with Gasteiger partial charge in [0.25, 0.3) is 0 Å². The molecule has 0 aromatic heterocycles. The molecule has 0 radical (unpaired) electrons. The van der Waals surface area contributed by atoms with Gasteiger partial charge in [-0.1, -0.05) is 176 Å². The summed E-state index contributed by atoms with van der Waals surface area (Å²) in [6, 6.07) is 70.7. The molecule has 65 heavy (non-hydrogen) atoms. The van der Waals surface area contributed by atoms with Crippen LogP contribution in [0.1, 0.15) is 77.5 Å². The van der Waals surface area contributed by atoms with Gasteiger partial charge in [0.1, 0.15) is 0 Å². The second-order valence-corrected chi connectivity index (χ2v) is 20.2. The van der Waals surface area contributed by atoms with Gasteiger partial charge in [-0.25, -0.2) is 0 Å². The summed E-state index contributed by atoms with van der Waals surface area (Å²) in [6.07, 6.45) is 14.5. The highest BCUT2D eigenvalue weighted by Crippen LogP contribution is 2.73. The van der Waals surface area contributed by atoms with Gasteiger partial charge in [-0.15, -0.1) is 0 Å². The number of benzene rings is 8. The van der Waals surface area contributed by atoms with E-state index in [1.165, 1.54) is 121 Å². The second kappa shape index (κ2) is 13.3. The average Bonchev–Trinajstić information content (AvgIpc) is 4.10. The first-order valence-electron chi connectivity index (χ1n) is 24.3. The summed E-state index contributed by atoms with van der Waals surface area (Å²) < 4.78 is 0. The summed E-state index contributed by atoms with van der Waals surface area (Å²) in [5, 5.41) is 0. The third-order valence-electron chi connectivity index (χ3n) is 17.5. The Hall–Kier alpha value is -6.96. The molecule has 5 atom stereocenters. The van der Waals surface area contributed by atoms with Crippen molar-refractivity contribution in [3.63, 3.8) is 0 Å². The highest BCUT2D eigenvalue weighted by molar-refractivity contribution is 6.02. The molecule has 0 aliphatic heterocycles.